The number of nitrogens with zero attached hydrogens (tertiary/aromatic N) is 3. The minimum atomic E-state index is -0.457. The van der Waals surface area contributed by atoms with E-state index in [-0.39, 0.29) is 12.3 Å². The van der Waals surface area contributed by atoms with Crippen molar-refractivity contribution in [2.45, 2.75) is 26.7 Å². The number of amides is 1. The minimum Gasteiger partial charge on any atom is -0.483 e. The van der Waals surface area contributed by atoms with Gasteiger partial charge in [-0.2, -0.15) is 5.10 Å². The quantitative estimate of drug-likeness (QED) is 0.374. The van der Waals surface area contributed by atoms with Crippen molar-refractivity contribution in [3.8, 4) is 5.75 Å². The monoisotopic (exact) mass is 398 g/mol. The molecule has 29 heavy (non-hydrogen) atoms. The van der Waals surface area contributed by atoms with Gasteiger partial charge in [0.25, 0.3) is 11.6 Å². The smallest absolute Gasteiger partial charge is 0.277 e. The average Bonchev–Trinajstić information content (AvgIpc) is 2.71. The second-order valence-corrected chi connectivity index (χ2v) is 6.62. The Bertz CT molecular complexity index is 883. The summed E-state index contributed by atoms with van der Waals surface area (Å²) in [5, 5.41) is 15.0. The van der Waals surface area contributed by atoms with Gasteiger partial charge in [-0.1, -0.05) is 31.5 Å². The molecule has 1 N–H and O–H groups in total. The lowest BCUT2D eigenvalue weighted by Crippen LogP contribution is -2.25. The van der Waals surface area contributed by atoms with Gasteiger partial charge in [-0.3, -0.25) is 14.9 Å². The fraction of sp³-hybridized carbons (Fsp3) is 0.333. The summed E-state index contributed by atoms with van der Waals surface area (Å²) >= 11 is 0. The molecule has 0 unspecified atom stereocenters. The molecule has 0 fully saturated rings. The average molecular weight is 398 g/mol. The van der Waals surface area contributed by atoms with Gasteiger partial charge < -0.3 is 9.64 Å². The summed E-state index contributed by atoms with van der Waals surface area (Å²) in [5.74, 6) is 0.209. The molecule has 2 rings (SSSR count). The number of hydrazone groups is 1. The number of aryl methyl sites for hydroxylation is 1. The first-order valence-corrected chi connectivity index (χ1v) is 9.42. The van der Waals surface area contributed by atoms with Gasteiger partial charge in [0.15, 0.2) is 6.61 Å². The zero-order chi connectivity index (χ0) is 21.2. The molecule has 0 saturated heterocycles. The van der Waals surface area contributed by atoms with Gasteiger partial charge in [-0.15, -0.1) is 0 Å². The number of ether oxygens (including phenoxy) is 1. The zero-order valence-corrected chi connectivity index (χ0v) is 16.9. The SMILES string of the molecule is CCCCN(C)c1ccc([N+](=O)[O-])cc1/C=N/NC(=O)COc1ccccc1C. The Balaban J connectivity index is 2.05. The number of hydrogen-bond donors (Lipinski definition) is 1. The number of para-hydroxylation sites is 1. The maximum Gasteiger partial charge on any atom is 0.277 e. The van der Waals surface area contributed by atoms with Gasteiger partial charge in [0.2, 0.25) is 0 Å². The lowest BCUT2D eigenvalue weighted by molar-refractivity contribution is -0.384. The van der Waals surface area contributed by atoms with E-state index in [4.69, 9.17) is 4.74 Å². The number of nitro benzene ring substituents is 1. The van der Waals surface area contributed by atoms with Crippen molar-refractivity contribution in [3.05, 3.63) is 63.7 Å². The third-order valence-corrected chi connectivity index (χ3v) is 4.33. The molecule has 2 aromatic rings. The van der Waals surface area contributed by atoms with Crippen LogP contribution in [-0.4, -0.2) is 37.2 Å². The zero-order valence-electron chi connectivity index (χ0n) is 16.9. The number of nitrogens with one attached hydrogen (secondary N) is 1. The van der Waals surface area contributed by atoms with E-state index in [9.17, 15) is 14.9 Å². The molecule has 0 aromatic heterocycles. The molecule has 0 radical (unpaired) electrons. The van der Waals surface area contributed by atoms with Gasteiger partial charge in [-0.25, -0.2) is 5.43 Å². The molecule has 0 atom stereocenters. The first kappa shape index (κ1) is 21.9. The molecule has 0 bridgehead atoms. The molecule has 0 aliphatic rings. The van der Waals surface area contributed by atoms with Crippen molar-refractivity contribution in [1.29, 1.82) is 0 Å². The van der Waals surface area contributed by atoms with Gasteiger partial charge in [-0.05, 0) is 31.0 Å². The highest BCUT2D eigenvalue weighted by Crippen LogP contribution is 2.24. The number of benzene rings is 2. The molecule has 1 amide bonds. The Kier molecular flexibility index (Phi) is 8.14. The van der Waals surface area contributed by atoms with Crippen LogP contribution in [0.1, 0.15) is 30.9 Å². The summed E-state index contributed by atoms with van der Waals surface area (Å²) in [6.07, 6.45) is 3.45. The van der Waals surface area contributed by atoms with E-state index in [1.165, 1.54) is 18.3 Å². The van der Waals surface area contributed by atoms with Crippen LogP contribution in [0.25, 0.3) is 0 Å². The van der Waals surface area contributed by atoms with E-state index in [2.05, 4.69) is 17.5 Å². The molecule has 8 nitrogen and oxygen atoms in total. The van der Waals surface area contributed by atoms with Crippen molar-refractivity contribution in [2.75, 3.05) is 25.1 Å². The Morgan fingerprint density at radius 2 is 2.07 bits per heavy atom. The fourth-order valence-electron chi connectivity index (χ4n) is 2.69. The van der Waals surface area contributed by atoms with Crippen LogP contribution >= 0.6 is 0 Å². The summed E-state index contributed by atoms with van der Waals surface area (Å²) in [6, 6.07) is 12.0. The molecule has 0 saturated carbocycles. The van der Waals surface area contributed by atoms with Crippen LogP contribution in [0.2, 0.25) is 0 Å². The summed E-state index contributed by atoms with van der Waals surface area (Å²) < 4.78 is 5.47. The molecule has 0 aliphatic carbocycles. The van der Waals surface area contributed by atoms with E-state index in [0.29, 0.717) is 11.3 Å². The first-order valence-electron chi connectivity index (χ1n) is 9.42. The van der Waals surface area contributed by atoms with Crippen LogP contribution in [0.3, 0.4) is 0 Å². The van der Waals surface area contributed by atoms with Gasteiger partial charge in [0.05, 0.1) is 11.1 Å². The van der Waals surface area contributed by atoms with Crippen LogP contribution in [0, 0.1) is 17.0 Å². The maximum absolute atomic E-state index is 12.0. The topological polar surface area (TPSA) is 97.1 Å². The predicted molar refractivity (Wildman–Crippen MR) is 114 cm³/mol. The number of nitro groups is 1. The van der Waals surface area contributed by atoms with E-state index in [1.807, 2.05) is 37.1 Å². The van der Waals surface area contributed by atoms with Crippen molar-refractivity contribution in [1.82, 2.24) is 5.43 Å². The summed E-state index contributed by atoms with van der Waals surface area (Å²) in [5.41, 5.74) is 4.65. The van der Waals surface area contributed by atoms with E-state index in [0.717, 1.165) is 30.6 Å². The molecule has 154 valence electrons. The summed E-state index contributed by atoms with van der Waals surface area (Å²) in [7, 11) is 1.92. The molecule has 0 aliphatic heterocycles. The van der Waals surface area contributed by atoms with Crippen molar-refractivity contribution >= 4 is 23.5 Å². The summed E-state index contributed by atoms with van der Waals surface area (Å²) in [6.45, 7) is 4.62. The summed E-state index contributed by atoms with van der Waals surface area (Å²) in [4.78, 5) is 24.6. The van der Waals surface area contributed by atoms with Crippen molar-refractivity contribution < 1.29 is 14.5 Å². The minimum absolute atomic E-state index is 0.0340. The first-order chi connectivity index (χ1) is 13.9. The number of unbranched alkanes of at least 4 members (excludes halogenated alkanes) is 1. The number of non-ortho nitro benzene ring substituents is 1. The van der Waals surface area contributed by atoms with E-state index < -0.39 is 10.8 Å². The van der Waals surface area contributed by atoms with Crippen molar-refractivity contribution in [3.63, 3.8) is 0 Å². The van der Waals surface area contributed by atoms with Gasteiger partial charge in [0.1, 0.15) is 5.75 Å². The highest BCUT2D eigenvalue weighted by atomic mass is 16.6. The second kappa shape index (κ2) is 10.8. The van der Waals surface area contributed by atoms with Crippen LogP contribution in [0.5, 0.6) is 5.75 Å². The lowest BCUT2D eigenvalue weighted by Gasteiger charge is -2.20. The van der Waals surface area contributed by atoms with Crippen LogP contribution < -0.4 is 15.1 Å². The van der Waals surface area contributed by atoms with E-state index >= 15 is 0 Å². The predicted octanol–water partition coefficient (Wildman–Crippen LogP) is 3.67. The van der Waals surface area contributed by atoms with E-state index in [1.54, 1.807) is 12.1 Å². The standard InChI is InChI=1S/C21H26N4O4/c1-4-5-12-24(3)19-11-10-18(25(27)28)13-17(19)14-22-23-21(26)15-29-20-9-7-6-8-16(20)2/h6-11,13-14H,4-5,12,15H2,1-3H3,(H,23,26)/b22-14+. The Hall–Kier alpha value is -3.42. The van der Waals surface area contributed by atoms with Gasteiger partial charge >= 0.3 is 0 Å². The highest BCUT2D eigenvalue weighted by molar-refractivity contribution is 5.90. The third-order valence-electron chi connectivity index (χ3n) is 4.33. The van der Waals surface area contributed by atoms with Crippen molar-refractivity contribution in [2.24, 2.45) is 5.10 Å². The van der Waals surface area contributed by atoms with Gasteiger partial charge in [0, 0.05) is 37.0 Å². The molecular weight excluding hydrogens is 372 g/mol. The number of anilines is 1. The molecular formula is C21H26N4O4. The maximum atomic E-state index is 12.0. The van der Waals surface area contributed by atoms with Crippen LogP contribution in [0.15, 0.2) is 47.6 Å². The molecule has 8 heteroatoms. The number of carbonyl (C=O) groups is 1. The normalized spacial score (nSPS) is 10.7. The number of rotatable bonds is 10. The largest absolute Gasteiger partial charge is 0.483 e. The Labute approximate surface area is 170 Å². The Morgan fingerprint density at radius 3 is 2.76 bits per heavy atom. The Morgan fingerprint density at radius 1 is 1.31 bits per heavy atom. The number of hydrogen-bond acceptors (Lipinski definition) is 6. The molecule has 2 aromatic carbocycles. The van der Waals surface area contributed by atoms with Crippen LogP contribution in [0.4, 0.5) is 11.4 Å². The molecule has 0 spiro atoms. The van der Waals surface area contributed by atoms with Crippen LogP contribution in [-0.2, 0) is 4.79 Å². The molecule has 0 heterocycles. The fourth-order valence-corrected chi connectivity index (χ4v) is 2.69. The highest BCUT2D eigenvalue weighted by Gasteiger charge is 2.12. The lowest BCUT2D eigenvalue weighted by atomic mass is 10.1. The number of carbonyl (C=O) groups excluding carboxylic acids is 1. The third kappa shape index (κ3) is 6.60. The second-order valence-electron chi connectivity index (χ2n) is 6.62.